The van der Waals surface area contributed by atoms with E-state index in [1.54, 1.807) is 18.2 Å². The molecule has 2 rings (SSSR count). The van der Waals surface area contributed by atoms with Crippen molar-refractivity contribution in [1.29, 1.82) is 0 Å². The molecule has 1 aromatic carbocycles. The molecule has 2 aromatic rings. The van der Waals surface area contributed by atoms with Gasteiger partial charge in [0.25, 0.3) is 0 Å². The Balaban J connectivity index is 2.45. The molecular weight excluding hydrogens is 184 g/mol. The Morgan fingerprint density at radius 1 is 1.57 bits per heavy atom. The van der Waals surface area contributed by atoms with Crippen LogP contribution in [0.15, 0.2) is 18.2 Å². The van der Waals surface area contributed by atoms with E-state index in [-0.39, 0.29) is 5.75 Å². The number of hydrogen-bond donors (Lipinski definition) is 2. The fourth-order valence-electron chi connectivity index (χ4n) is 1.28. The van der Waals surface area contributed by atoms with E-state index >= 15 is 0 Å². The predicted molar refractivity (Wildman–Crippen MR) is 49.5 cm³/mol. The second-order valence-electron chi connectivity index (χ2n) is 2.87. The number of nitrogens with one attached hydrogen (secondary N) is 1. The van der Waals surface area contributed by atoms with Crippen molar-refractivity contribution in [3.63, 3.8) is 0 Å². The standard InChI is InChI=1S/C9H8N2O3/c1-5-10-7-3-2-6(14-9(12)13)4-8(7)11-5/h2-4H,1H3,(H,10,11)(H,12,13). The quantitative estimate of drug-likeness (QED) is 0.534. The van der Waals surface area contributed by atoms with E-state index in [0.29, 0.717) is 0 Å². The number of carbonyl (C=O) groups is 1. The van der Waals surface area contributed by atoms with E-state index in [9.17, 15) is 4.79 Å². The summed E-state index contributed by atoms with van der Waals surface area (Å²) in [6.07, 6.45) is -1.32. The first-order chi connectivity index (χ1) is 6.65. The van der Waals surface area contributed by atoms with Gasteiger partial charge in [0.05, 0.1) is 11.0 Å². The van der Waals surface area contributed by atoms with Crippen molar-refractivity contribution in [2.75, 3.05) is 0 Å². The average Bonchev–Trinajstić information content (AvgIpc) is 2.42. The number of hydrogen-bond acceptors (Lipinski definition) is 3. The highest BCUT2D eigenvalue weighted by atomic mass is 16.7. The number of imidazole rings is 1. The minimum atomic E-state index is -1.32. The monoisotopic (exact) mass is 192 g/mol. The van der Waals surface area contributed by atoms with Crippen molar-refractivity contribution in [3.8, 4) is 5.75 Å². The third kappa shape index (κ3) is 1.52. The zero-order valence-electron chi connectivity index (χ0n) is 7.44. The van der Waals surface area contributed by atoms with Crippen LogP contribution in [0, 0.1) is 6.92 Å². The molecule has 2 N–H and O–H groups in total. The number of aryl methyl sites for hydroxylation is 1. The maximum absolute atomic E-state index is 10.3. The second-order valence-corrected chi connectivity index (χ2v) is 2.87. The molecule has 0 bridgehead atoms. The SMILES string of the molecule is Cc1nc2ccc(OC(=O)O)cc2[nH]1. The van der Waals surface area contributed by atoms with Gasteiger partial charge in [-0.3, -0.25) is 0 Å². The zero-order valence-corrected chi connectivity index (χ0v) is 7.44. The molecule has 0 aliphatic carbocycles. The number of aromatic amines is 1. The van der Waals surface area contributed by atoms with E-state index in [2.05, 4.69) is 14.7 Å². The Morgan fingerprint density at radius 3 is 3.07 bits per heavy atom. The van der Waals surface area contributed by atoms with E-state index in [1.165, 1.54) is 0 Å². The normalized spacial score (nSPS) is 10.4. The summed E-state index contributed by atoms with van der Waals surface area (Å²) in [5, 5.41) is 8.40. The van der Waals surface area contributed by atoms with Crippen LogP contribution in [0.1, 0.15) is 5.82 Å². The first-order valence-electron chi connectivity index (χ1n) is 4.02. The van der Waals surface area contributed by atoms with Gasteiger partial charge >= 0.3 is 6.16 Å². The van der Waals surface area contributed by atoms with E-state index in [0.717, 1.165) is 16.9 Å². The lowest BCUT2D eigenvalue weighted by Gasteiger charge is -1.97. The molecule has 5 nitrogen and oxygen atoms in total. The summed E-state index contributed by atoms with van der Waals surface area (Å²) in [4.78, 5) is 17.4. The maximum Gasteiger partial charge on any atom is 0.511 e. The number of carboxylic acid groups (broad SMARTS) is 1. The summed E-state index contributed by atoms with van der Waals surface area (Å²) in [6.45, 7) is 1.83. The number of H-pyrrole nitrogens is 1. The van der Waals surface area contributed by atoms with Gasteiger partial charge < -0.3 is 14.8 Å². The van der Waals surface area contributed by atoms with E-state index in [4.69, 9.17) is 5.11 Å². The lowest BCUT2D eigenvalue weighted by Crippen LogP contribution is -2.02. The van der Waals surface area contributed by atoms with Crippen molar-refractivity contribution in [2.45, 2.75) is 6.92 Å². The first kappa shape index (κ1) is 8.55. The number of benzene rings is 1. The highest BCUT2D eigenvalue weighted by Gasteiger charge is 2.04. The molecule has 0 radical (unpaired) electrons. The van der Waals surface area contributed by atoms with Crippen molar-refractivity contribution in [2.24, 2.45) is 0 Å². The minimum absolute atomic E-state index is 0.286. The number of aromatic nitrogens is 2. The number of fused-ring (bicyclic) bond motifs is 1. The van der Waals surface area contributed by atoms with Gasteiger partial charge in [0.2, 0.25) is 0 Å². The van der Waals surface area contributed by atoms with Crippen LogP contribution in [0.25, 0.3) is 11.0 Å². The number of rotatable bonds is 1. The molecule has 0 aliphatic rings. The fraction of sp³-hybridized carbons (Fsp3) is 0.111. The topological polar surface area (TPSA) is 75.2 Å². The molecule has 0 spiro atoms. The van der Waals surface area contributed by atoms with Gasteiger partial charge in [-0.05, 0) is 19.1 Å². The lowest BCUT2D eigenvalue weighted by molar-refractivity contribution is 0.144. The molecule has 1 aromatic heterocycles. The van der Waals surface area contributed by atoms with Gasteiger partial charge in [-0.25, -0.2) is 9.78 Å². The summed E-state index contributed by atoms with van der Waals surface area (Å²) in [7, 11) is 0. The van der Waals surface area contributed by atoms with Crippen molar-refractivity contribution in [1.82, 2.24) is 9.97 Å². The summed E-state index contributed by atoms with van der Waals surface area (Å²) in [5.41, 5.74) is 1.56. The summed E-state index contributed by atoms with van der Waals surface area (Å²) >= 11 is 0. The Morgan fingerprint density at radius 2 is 2.36 bits per heavy atom. The summed E-state index contributed by atoms with van der Waals surface area (Å²) in [5.74, 6) is 1.07. The molecule has 5 heteroatoms. The molecule has 1 heterocycles. The molecule has 14 heavy (non-hydrogen) atoms. The summed E-state index contributed by atoms with van der Waals surface area (Å²) < 4.78 is 4.50. The van der Waals surface area contributed by atoms with Crippen molar-refractivity contribution < 1.29 is 14.6 Å². The molecular formula is C9H8N2O3. The highest BCUT2D eigenvalue weighted by molar-refractivity contribution is 5.77. The smallest absolute Gasteiger partial charge is 0.449 e. The van der Waals surface area contributed by atoms with Crippen LogP contribution in [0.3, 0.4) is 0 Å². The van der Waals surface area contributed by atoms with Gasteiger partial charge in [0.15, 0.2) is 0 Å². The maximum atomic E-state index is 10.3. The Bertz CT molecular complexity index is 490. The van der Waals surface area contributed by atoms with Crippen LogP contribution in [0.2, 0.25) is 0 Å². The molecule has 0 aliphatic heterocycles. The van der Waals surface area contributed by atoms with Crippen LogP contribution >= 0.6 is 0 Å². The zero-order chi connectivity index (χ0) is 10.1. The lowest BCUT2D eigenvalue weighted by atomic mass is 10.3. The third-order valence-corrected chi connectivity index (χ3v) is 1.78. The molecule has 0 saturated heterocycles. The van der Waals surface area contributed by atoms with Gasteiger partial charge in [-0.1, -0.05) is 0 Å². The summed E-state index contributed by atoms with van der Waals surface area (Å²) in [6, 6.07) is 4.87. The third-order valence-electron chi connectivity index (χ3n) is 1.78. The average molecular weight is 192 g/mol. The Hall–Kier alpha value is -2.04. The van der Waals surface area contributed by atoms with E-state index < -0.39 is 6.16 Å². The minimum Gasteiger partial charge on any atom is -0.449 e. The molecule has 0 fully saturated rings. The molecule has 72 valence electrons. The predicted octanol–water partition coefficient (Wildman–Crippen LogP) is 1.93. The molecule has 0 unspecified atom stereocenters. The molecule has 0 saturated carbocycles. The van der Waals surface area contributed by atoms with Crippen LogP contribution < -0.4 is 4.74 Å². The fourth-order valence-corrected chi connectivity index (χ4v) is 1.28. The largest absolute Gasteiger partial charge is 0.511 e. The van der Waals surface area contributed by atoms with Gasteiger partial charge in [0.1, 0.15) is 11.6 Å². The van der Waals surface area contributed by atoms with Gasteiger partial charge in [-0.15, -0.1) is 0 Å². The molecule has 0 atom stereocenters. The van der Waals surface area contributed by atoms with Gasteiger partial charge in [-0.2, -0.15) is 0 Å². The van der Waals surface area contributed by atoms with Crippen LogP contribution in [-0.2, 0) is 0 Å². The Labute approximate surface area is 79.3 Å². The van der Waals surface area contributed by atoms with Crippen LogP contribution in [0.4, 0.5) is 4.79 Å². The molecule has 0 amide bonds. The first-order valence-corrected chi connectivity index (χ1v) is 4.02. The number of ether oxygens (including phenoxy) is 1. The Kier molecular flexibility index (Phi) is 1.85. The number of nitrogens with zero attached hydrogens (tertiary/aromatic N) is 1. The highest BCUT2D eigenvalue weighted by Crippen LogP contribution is 2.18. The van der Waals surface area contributed by atoms with Crippen LogP contribution in [0.5, 0.6) is 5.75 Å². The van der Waals surface area contributed by atoms with Crippen LogP contribution in [-0.4, -0.2) is 21.2 Å². The second kappa shape index (κ2) is 3.02. The van der Waals surface area contributed by atoms with E-state index in [1.807, 2.05) is 6.92 Å². The van der Waals surface area contributed by atoms with Crippen molar-refractivity contribution in [3.05, 3.63) is 24.0 Å². The van der Waals surface area contributed by atoms with Gasteiger partial charge in [0, 0.05) is 6.07 Å². The van der Waals surface area contributed by atoms with Crippen molar-refractivity contribution >= 4 is 17.2 Å².